The Morgan fingerprint density at radius 2 is 1.93 bits per heavy atom. The summed E-state index contributed by atoms with van der Waals surface area (Å²) in [5, 5.41) is 1.59. The lowest BCUT2D eigenvalue weighted by atomic mass is 10.1. The van der Waals surface area contributed by atoms with Crippen molar-refractivity contribution in [1.82, 2.24) is 15.0 Å². The number of aromatic nitrogens is 4. The fourth-order valence-corrected chi connectivity index (χ4v) is 3.59. The first kappa shape index (κ1) is 18.1. The maximum atomic E-state index is 6.48. The SMILES string of the molecule is CSc1nc(-c2cc(OCc3ccccc3)c(Cl)cc2Cl)c2[nH]c[nH+]c2n1. The van der Waals surface area contributed by atoms with Crippen LogP contribution in [0.4, 0.5) is 0 Å². The van der Waals surface area contributed by atoms with E-state index in [0.29, 0.717) is 38.9 Å². The minimum absolute atomic E-state index is 0.410. The molecule has 0 radical (unpaired) electrons. The first-order chi connectivity index (χ1) is 13.2. The van der Waals surface area contributed by atoms with Crippen molar-refractivity contribution in [3.63, 3.8) is 0 Å². The van der Waals surface area contributed by atoms with Gasteiger partial charge in [-0.1, -0.05) is 70.3 Å². The van der Waals surface area contributed by atoms with Crippen LogP contribution in [0.2, 0.25) is 10.0 Å². The predicted molar refractivity (Wildman–Crippen MR) is 108 cm³/mol. The fraction of sp³-hybridized carbons (Fsp3) is 0.105. The summed E-state index contributed by atoms with van der Waals surface area (Å²) in [7, 11) is 0. The van der Waals surface area contributed by atoms with Gasteiger partial charge in [-0.3, -0.25) is 4.98 Å². The minimum atomic E-state index is 0.410. The number of nitrogens with zero attached hydrogens (tertiary/aromatic N) is 2. The summed E-state index contributed by atoms with van der Waals surface area (Å²) in [5.74, 6) is 0.549. The van der Waals surface area contributed by atoms with E-state index in [1.807, 2.05) is 42.7 Å². The van der Waals surface area contributed by atoms with Gasteiger partial charge in [0.2, 0.25) is 0 Å². The van der Waals surface area contributed by atoms with Gasteiger partial charge in [-0.2, -0.15) is 0 Å². The molecule has 0 spiro atoms. The molecule has 0 aliphatic heterocycles. The number of ether oxygens (including phenoxy) is 1. The van der Waals surface area contributed by atoms with Crippen LogP contribution in [0.1, 0.15) is 5.56 Å². The van der Waals surface area contributed by atoms with Gasteiger partial charge >= 0.3 is 5.65 Å². The van der Waals surface area contributed by atoms with Crippen molar-refractivity contribution >= 4 is 46.1 Å². The third kappa shape index (κ3) is 3.74. The number of hydrogen-bond acceptors (Lipinski definition) is 4. The molecule has 2 aromatic carbocycles. The van der Waals surface area contributed by atoms with Gasteiger partial charge in [0.15, 0.2) is 11.8 Å². The van der Waals surface area contributed by atoms with Crippen LogP contribution in [-0.4, -0.2) is 21.2 Å². The molecule has 5 nitrogen and oxygen atoms in total. The van der Waals surface area contributed by atoms with E-state index in [-0.39, 0.29) is 0 Å². The van der Waals surface area contributed by atoms with Crippen molar-refractivity contribution in [1.29, 1.82) is 0 Å². The van der Waals surface area contributed by atoms with Crippen LogP contribution in [-0.2, 0) is 6.61 Å². The van der Waals surface area contributed by atoms with Crippen molar-refractivity contribution < 1.29 is 9.72 Å². The largest absolute Gasteiger partial charge is 0.487 e. The van der Waals surface area contributed by atoms with Crippen molar-refractivity contribution in [3.05, 3.63) is 64.4 Å². The Kier molecular flexibility index (Phi) is 5.20. The van der Waals surface area contributed by atoms with Crippen LogP contribution >= 0.6 is 35.0 Å². The fourth-order valence-electron chi connectivity index (χ4n) is 2.70. The second kappa shape index (κ2) is 7.76. The molecular formula is C19H15Cl2N4OS+. The van der Waals surface area contributed by atoms with E-state index >= 15 is 0 Å². The zero-order chi connectivity index (χ0) is 18.8. The molecule has 0 fully saturated rings. The predicted octanol–water partition coefficient (Wildman–Crippen LogP) is 5.05. The molecule has 136 valence electrons. The highest BCUT2D eigenvalue weighted by Gasteiger charge is 2.20. The molecule has 0 bridgehead atoms. The van der Waals surface area contributed by atoms with Crippen molar-refractivity contribution in [3.8, 4) is 17.0 Å². The van der Waals surface area contributed by atoms with E-state index in [1.54, 1.807) is 12.4 Å². The van der Waals surface area contributed by atoms with Crippen LogP contribution in [0.15, 0.2) is 53.9 Å². The lowest BCUT2D eigenvalue weighted by molar-refractivity contribution is -0.347. The van der Waals surface area contributed by atoms with E-state index in [1.165, 1.54) is 11.8 Å². The molecule has 4 rings (SSSR count). The highest BCUT2D eigenvalue weighted by atomic mass is 35.5. The Labute approximate surface area is 170 Å². The molecule has 4 aromatic rings. The third-order valence-electron chi connectivity index (χ3n) is 4.01. The maximum absolute atomic E-state index is 6.48. The quantitative estimate of drug-likeness (QED) is 0.364. The normalized spacial score (nSPS) is 11.1. The highest BCUT2D eigenvalue weighted by Crippen LogP contribution is 2.38. The second-order valence-corrected chi connectivity index (χ2v) is 7.34. The molecule has 0 amide bonds. The van der Waals surface area contributed by atoms with Crippen LogP contribution in [0.3, 0.4) is 0 Å². The van der Waals surface area contributed by atoms with Crippen LogP contribution in [0.25, 0.3) is 22.4 Å². The number of thioether (sulfide) groups is 1. The summed E-state index contributed by atoms with van der Waals surface area (Å²) in [6, 6.07) is 13.4. The zero-order valence-electron chi connectivity index (χ0n) is 14.3. The number of hydrogen-bond donors (Lipinski definition) is 1. The zero-order valence-corrected chi connectivity index (χ0v) is 16.6. The molecule has 8 heteroatoms. The van der Waals surface area contributed by atoms with Crippen molar-refractivity contribution in [2.24, 2.45) is 0 Å². The molecule has 2 aromatic heterocycles. The van der Waals surface area contributed by atoms with Gasteiger partial charge in [0.1, 0.15) is 18.1 Å². The summed E-state index contributed by atoms with van der Waals surface area (Å²) in [6.45, 7) is 0.410. The van der Waals surface area contributed by atoms with Crippen LogP contribution in [0, 0.1) is 0 Å². The molecule has 0 unspecified atom stereocenters. The first-order valence-electron chi connectivity index (χ1n) is 8.12. The Morgan fingerprint density at radius 3 is 2.70 bits per heavy atom. The minimum Gasteiger partial charge on any atom is -0.487 e. The molecule has 2 heterocycles. The molecule has 27 heavy (non-hydrogen) atoms. The summed E-state index contributed by atoms with van der Waals surface area (Å²) in [4.78, 5) is 15.3. The van der Waals surface area contributed by atoms with Gasteiger partial charge in [-0.15, -0.1) is 0 Å². The Bertz CT molecular complexity index is 1100. The van der Waals surface area contributed by atoms with Gasteiger partial charge in [0.25, 0.3) is 5.16 Å². The van der Waals surface area contributed by atoms with Crippen LogP contribution in [0.5, 0.6) is 5.75 Å². The lowest BCUT2D eigenvalue weighted by Crippen LogP contribution is -2.01. The molecule has 2 N–H and O–H groups in total. The molecule has 0 saturated carbocycles. The van der Waals surface area contributed by atoms with E-state index < -0.39 is 0 Å². The van der Waals surface area contributed by atoms with Gasteiger partial charge in [-0.05, 0) is 24.0 Å². The number of nitrogens with one attached hydrogen (secondary N) is 2. The summed E-state index contributed by atoms with van der Waals surface area (Å²) in [5.41, 5.74) is 3.95. The standard InChI is InChI=1S/C19H14Cl2N4OS/c1-27-19-24-16(17-18(25-19)23-10-22-17)12-7-15(14(21)8-13(12)20)26-9-11-5-3-2-4-6-11/h2-8,10H,9H2,1H3,(H,22,23,24,25)/p+1. The first-order valence-corrected chi connectivity index (χ1v) is 10.1. The van der Waals surface area contributed by atoms with Gasteiger partial charge < -0.3 is 4.74 Å². The third-order valence-corrected chi connectivity index (χ3v) is 5.17. The Hall–Kier alpha value is -2.28. The van der Waals surface area contributed by atoms with Gasteiger partial charge in [0, 0.05) is 5.56 Å². The average molecular weight is 418 g/mol. The molecule has 0 atom stereocenters. The Morgan fingerprint density at radius 1 is 1.11 bits per heavy atom. The topological polar surface area (TPSA) is 64.9 Å². The number of H-pyrrole nitrogens is 2. The van der Waals surface area contributed by atoms with Gasteiger partial charge in [-0.25, -0.2) is 9.97 Å². The average Bonchev–Trinajstić information content (AvgIpc) is 3.16. The summed E-state index contributed by atoms with van der Waals surface area (Å²) in [6.07, 6.45) is 3.64. The lowest BCUT2D eigenvalue weighted by Gasteiger charge is -2.11. The molecule has 0 saturated heterocycles. The monoisotopic (exact) mass is 417 g/mol. The van der Waals surface area contributed by atoms with E-state index in [9.17, 15) is 0 Å². The molecule has 0 aliphatic rings. The number of aromatic amines is 2. The molecular weight excluding hydrogens is 403 g/mol. The Balaban J connectivity index is 1.76. The summed E-state index contributed by atoms with van der Waals surface area (Å²) < 4.78 is 5.93. The number of fused-ring (bicyclic) bond motifs is 1. The van der Waals surface area contributed by atoms with Crippen molar-refractivity contribution in [2.45, 2.75) is 11.8 Å². The number of halogens is 2. The number of imidazole rings is 1. The number of rotatable bonds is 5. The highest BCUT2D eigenvalue weighted by molar-refractivity contribution is 7.98. The second-order valence-electron chi connectivity index (χ2n) is 5.75. The number of benzene rings is 2. The van der Waals surface area contributed by atoms with E-state index in [2.05, 4.69) is 19.9 Å². The van der Waals surface area contributed by atoms with Crippen LogP contribution < -0.4 is 9.72 Å². The van der Waals surface area contributed by atoms with E-state index in [4.69, 9.17) is 27.9 Å². The smallest absolute Gasteiger partial charge is 0.304 e. The summed E-state index contributed by atoms with van der Waals surface area (Å²) >= 11 is 14.3. The van der Waals surface area contributed by atoms with E-state index in [0.717, 1.165) is 16.6 Å². The molecule has 0 aliphatic carbocycles. The maximum Gasteiger partial charge on any atom is 0.304 e. The van der Waals surface area contributed by atoms with Gasteiger partial charge in [0.05, 0.1) is 10.0 Å². The van der Waals surface area contributed by atoms with Crippen molar-refractivity contribution in [2.75, 3.05) is 6.26 Å².